The molecule has 0 aliphatic rings. The highest BCUT2D eigenvalue weighted by molar-refractivity contribution is 14.1. The second-order valence-electron chi connectivity index (χ2n) is 3.25. The first-order valence-electron chi connectivity index (χ1n) is 4.95. The van der Waals surface area contributed by atoms with Crippen molar-refractivity contribution in [3.8, 4) is 0 Å². The minimum Gasteiger partial charge on any atom is -0.352 e. The van der Waals surface area contributed by atoms with Gasteiger partial charge < -0.3 is 5.32 Å². The van der Waals surface area contributed by atoms with Crippen molar-refractivity contribution in [3.63, 3.8) is 0 Å². The lowest BCUT2D eigenvalue weighted by Crippen LogP contribution is -2.25. The average molecular weight is 400 g/mol. The fraction of sp³-hybridized carbons (Fsp3) is 0.364. The predicted molar refractivity (Wildman–Crippen MR) is 74.6 cm³/mol. The molecule has 1 aromatic rings. The topological polar surface area (TPSA) is 29.1 Å². The Hall–Kier alpha value is -0.170. The molecule has 88 valence electrons. The molecule has 0 aromatic heterocycles. The highest BCUT2D eigenvalue weighted by atomic mass is 127. The lowest BCUT2D eigenvalue weighted by Gasteiger charge is -2.07. The van der Waals surface area contributed by atoms with Crippen molar-refractivity contribution < 1.29 is 9.18 Å². The molecule has 1 N–H and O–H groups in total. The van der Waals surface area contributed by atoms with E-state index in [1.54, 1.807) is 12.1 Å². The molecule has 0 bridgehead atoms. The monoisotopic (exact) mass is 399 g/mol. The molecule has 0 radical (unpaired) electrons. The second-order valence-corrected chi connectivity index (χ2v) is 5.18. The Kier molecular flexibility index (Phi) is 6.26. The molecule has 0 aliphatic carbocycles. The van der Waals surface area contributed by atoms with Crippen LogP contribution in [0.4, 0.5) is 4.39 Å². The lowest BCUT2D eigenvalue weighted by molar-refractivity contribution is 0.0948. The number of unbranched alkanes of at least 4 members (excludes halogenated alkanes) is 1. The Bertz CT molecular complexity index is 353. The van der Waals surface area contributed by atoms with E-state index < -0.39 is 5.82 Å². The minimum absolute atomic E-state index is 0.0805. The molecule has 0 fully saturated rings. The van der Waals surface area contributed by atoms with E-state index >= 15 is 0 Å². The summed E-state index contributed by atoms with van der Waals surface area (Å²) in [6.45, 7) is 0.586. The van der Waals surface area contributed by atoms with Crippen LogP contribution < -0.4 is 5.32 Å². The maximum atomic E-state index is 13.4. The van der Waals surface area contributed by atoms with Gasteiger partial charge in [0.2, 0.25) is 0 Å². The van der Waals surface area contributed by atoms with E-state index in [1.165, 1.54) is 6.07 Å². The van der Waals surface area contributed by atoms with Gasteiger partial charge in [-0.2, -0.15) is 0 Å². The molecule has 0 saturated heterocycles. The fourth-order valence-electron chi connectivity index (χ4n) is 1.22. The molecule has 0 saturated carbocycles. The van der Waals surface area contributed by atoms with Crippen LogP contribution in [0.2, 0.25) is 0 Å². The smallest absolute Gasteiger partial charge is 0.255 e. The summed E-state index contributed by atoms with van der Waals surface area (Å²) in [4.78, 5) is 11.7. The van der Waals surface area contributed by atoms with Crippen LogP contribution in [0.1, 0.15) is 23.2 Å². The number of hydrogen-bond donors (Lipinski definition) is 1. The van der Waals surface area contributed by atoms with Gasteiger partial charge in [-0.3, -0.25) is 4.79 Å². The largest absolute Gasteiger partial charge is 0.352 e. The molecule has 1 rings (SSSR count). The fourth-order valence-corrected chi connectivity index (χ4v) is 2.29. The molecule has 5 heteroatoms. The minimum atomic E-state index is -0.499. The zero-order valence-electron chi connectivity index (χ0n) is 8.60. The second kappa shape index (κ2) is 7.21. The van der Waals surface area contributed by atoms with Gasteiger partial charge in [0.25, 0.3) is 5.91 Å². The number of alkyl halides is 1. The average Bonchev–Trinajstić information content (AvgIpc) is 2.24. The van der Waals surface area contributed by atoms with Crippen LogP contribution >= 0.6 is 38.5 Å². The highest BCUT2D eigenvalue weighted by Crippen LogP contribution is 2.19. The quantitative estimate of drug-likeness (QED) is 0.458. The van der Waals surface area contributed by atoms with E-state index in [2.05, 4.69) is 43.8 Å². The van der Waals surface area contributed by atoms with Gasteiger partial charge in [-0.15, -0.1) is 0 Å². The Morgan fingerprint density at radius 1 is 1.44 bits per heavy atom. The molecule has 16 heavy (non-hydrogen) atoms. The van der Waals surface area contributed by atoms with Crippen molar-refractivity contribution >= 4 is 44.4 Å². The van der Waals surface area contributed by atoms with Crippen molar-refractivity contribution in [2.24, 2.45) is 0 Å². The SMILES string of the molecule is O=C(NCCCCI)c1c(F)cccc1Br. The third kappa shape index (κ3) is 4.01. The summed E-state index contributed by atoms with van der Waals surface area (Å²) >= 11 is 5.45. The van der Waals surface area contributed by atoms with E-state index in [0.717, 1.165) is 17.3 Å². The van der Waals surface area contributed by atoms with Crippen molar-refractivity contribution in [3.05, 3.63) is 34.1 Å². The molecule has 0 aliphatic heterocycles. The number of amides is 1. The van der Waals surface area contributed by atoms with Gasteiger partial charge in [0, 0.05) is 11.0 Å². The number of carbonyl (C=O) groups is 1. The first kappa shape index (κ1) is 13.9. The molecule has 0 unspecified atom stereocenters. The summed E-state index contributed by atoms with van der Waals surface area (Å²) in [5.74, 6) is -0.862. The first-order chi connectivity index (χ1) is 7.66. The summed E-state index contributed by atoms with van der Waals surface area (Å²) < 4.78 is 14.9. The van der Waals surface area contributed by atoms with Gasteiger partial charge in [0.05, 0.1) is 5.56 Å². The van der Waals surface area contributed by atoms with Crippen LogP contribution in [0.3, 0.4) is 0 Å². The summed E-state index contributed by atoms with van der Waals surface area (Å²) in [5.41, 5.74) is 0.0805. The Balaban J connectivity index is 2.59. The molecule has 1 aromatic carbocycles. The third-order valence-corrected chi connectivity index (χ3v) is 3.46. The van der Waals surface area contributed by atoms with E-state index in [4.69, 9.17) is 0 Å². The maximum absolute atomic E-state index is 13.4. The van der Waals surface area contributed by atoms with Gasteiger partial charge in [-0.25, -0.2) is 4.39 Å². The Morgan fingerprint density at radius 3 is 2.81 bits per heavy atom. The molecule has 2 nitrogen and oxygen atoms in total. The van der Waals surface area contributed by atoms with Crippen molar-refractivity contribution in [1.82, 2.24) is 5.32 Å². The summed E-state index contributed by atoms with van der Waals surface area (Å²) in [5, 5.41) is 2.70. The zero-order chi connectivity index (χ0) is 12.0. The van der Waals surface area contributed by atoms with E-state index in [9.17, 15) is 9.18 Å². The summed E-state index contributed by atoms with van der Waals surface area (Å²) in [6.07, 6.45) is 1.97. The normalized spacial score (nSPS) is 10.2. The van der Waals surface area contributed by atoms with Crippen LogP contribution in [0, 0.1) is 5.82 Å². The van der Waals surface area contributed by atoms with Gasteiger partial charge in [-0.05, 0) is 45.3 Å². The van der Waals surface area contributed by atoms with Crippen LogP contribution in [0.25, 0.3) is 0 Å². The standard InChI is InChI=1S/C11H12BrFINO/c12-8-4-3-5-9(13)10(8)11(16)15-7-2-1-6-14/h3-5H,1-2,6-7H2,(H,15,16). The lowest BCUT2D eigenvalue weighted by atomic mass is 10.2. The molecular weight excluding hydrogens is 388 g/mol. The summed E-state index contributed by atoms with van der Waals surface area (Å²) in [7, 11) is 0. The number of hydrogen-bond acceptors (Lipinski definition) is 1. The zero-order valence-corrected chi connectivity index (χ0v) is 12.3. The van der Waals surface area contributed by atoms with Crippen molar-refractivity contribution in [2.45, 2.75) is 12.8 Å². The van der Waals surface area contributed by atoms with E-state index in [0.29, 0.717) is 11.0 Å². The highest BCUT2D eigenvalue weighted by Gasteiger charge is 2.14. The summed E-state index contributed by atoms with van der Waals surface area (Å²) in [6, 6.07) is 4.50. The predicted octanol–water partition coefficient (Wildman–Crippen LogP) is 3.53. The molecule has 0 spiro atoms. The van der Waals surface area contributed by atoms with E-state index in [-0.39, 0.29) is 11.5 Å². The van der Waals surface area contributed by atoms with Crippen molar-refractivity contribution in [1.29, 1.82) is 0 Å². The Morgan fingerprint density at radius 2 is 2.19 bits per heavy atom. The molecule has 0 heterocycles. The van der Waals surface area contributed by atoms with Gasteiger partial charge in [0.1, 0.15) is 5.82 Å². The maximum Gasteiger partial charge on any atom is 0.255 e. The van der Waals surface area contributed by atoms with Crippen LogP contribution in [0.15, 0.2) is 22.7 Å². The van der Waals surface area contributed by atoms with Gasteiger partial charge >= 0.3 is 0 Å². The van der Waals surface area contributed by atoms with Crippen LogP contribution in [0.5, 0.6) is 0 Å². The van der Waals surface area contributed by atoms with Gasteiger partial charge in [-0.1, -0.05) is 28.7 Å². The Labute approximate surface area is 116 Å². The first-order valence-corrected chi connectivity index (χ1v) is 7.27. The van der Waals surface area contributed by atoms with Crippen molar-refractivity contribution in [2.75, 3.05) is 11.0 Å². The van der Waals surface area contributed by atoms with Gasteiger partial charge in [0.15, 0.2) is 0 Å². The van der Waals surface area contributed by atoms with Crippen LogP contribution in [-0.2, 0) is 0 Å². The molecule has 1 amide bonds. The number of benzene rings is 1. The van der Waals surface area contributed by atoms with E-state index in [1.807, 2.05) is 0 Å². The number of nitrogens with one attached hydrogen (secondary N) is 1. The molecular formula is C11H12BrFINO. The number of carbonyl (C=O) groups excluding carboxylic acids is 1. The third-order valence-electron chi connectivity index (χ3n) is 2.04. The number of halogens is 3. The number of rotatable bonds is 5. The van der Waals surface area contributed by atoms with Crippen LogP contribution in [-0.4, -0.2) is 16.9 Å². The molecule has 0 atom stereocenters.